The summed E-state index contributed by atoms with van der Waals surface area (Å²) in [6, 6.07) is 9.05. The summed E-state index contributed by atoms with van der Waals surface area (Å²) < 4.78 is 12.0. The van der Waals surface area contributed by atoms with Crippen molar-refractivity contribution in [3.63, 3.8) is 0 Å². The predicted octanol–water partition coefficient (Wildman–Crippen LogP) is 1.18. The average molecular weight is 365 g/mol. The first kappa shape index (κ1) is 16.5. The lowest BCUT2D eigenvalue weighted by atomic mass is 10.2. The number of carbonyl (C=O) groups is 1. The molecule has 3 N–H and O–H groups in total. The molecule has 0 fully saturated rings. The molecule has 0 aliphatic heterocycles. The zero-order valence-electron chi connectivity index (χ0n) is 14.3. The van der Waals surface area contributed by atoms with Gasteiger partial charge in [0.1, 0.15) is 11.3 Å². The van der Waals surface area contributed by atoms with Gasteiger partial charge >= 0.3 is 0 Å². The molecule has 1 amide bonds. The summed E-state index contributed by atoms with van der Waals surface area (Å²) in [4.78, 5) is 20.0. The summed E-state index contributed by atoms with van der Waals surface area (Å²) in [5.74, 6) is 0.988. The molecule has 1 aromatic carbocycles. The zero-order chi connectivity index (χ0) is 18.8. The highest BCUT2D eigenvalue weighted by atomic mass is 16.6. The number of anilines is 1. The number of hydrogen-bond donors (Lipinski definition) is 2. The van der Waals surface area contributed by atoms with E-state index in [9.17, 15) is 4.79 Å². The molecule has 10 heteroatoms. The van der Waals surface area contributed by atoms with Crippen LogP contribution in [0.25, 0.3) is 28.2 Å². The number of hydrogen-bond acceptors (Lipinski definition) is 8. The van der Waals surface area contributed by atoms with E-state index in [-0.39, 0.29) is 18.3 Å². The van der Waals surface area contributed by atoms with Crippen molar-refractivity contribution in [3.05, 3.63) is 42.7 Å². The van der Waals surface area contributed by atoms with E-state index in [4.69, 9.17) is 15.1 Å². The quantitative estimate of drug-likeness (QED) is 0.538. The Morgan fingerprint density at radius 2 is 2.07 bits per heavy atom. The van der Waals surface area contributed by atoms with Crippen molar-refractivity contribution in [1.82, 2.24) is 30.2 Å². The van der Waals surface area contributed by atoms with E-state index in [1.54, 1.807) is 31.6 Å². The molecule has 0 spiro atoms. The number of rotatable bonds is 5. The van der Waals surface area contributed by atoms with Crippen LogP contribution >= 0.6 is 0 Å². The number of ether oxygens (including phenoxy) is 1. The van der Waals surface area contributed by atoms with E-state index in [2.05, 4.69) is 25.6 Å². The molecule has 0 saturated heterocycles. The van der Waals surface area contributed by atoms with Gasteiger partial charge in [-0.2, -0.15) is 0 Å². The minimum absolute atomic E-state index is 0.0537. The standard InChI is InChI=1S/C17H15N7O3/c1-19-14(25)9-26-11-4-2-10(3-5-11)24-13-6-7-20-8-12(13)21-17(24)15-16(18)23-27-22-15/h2-8H,9H2,1H3,(H2,18,23)(H,19,25). The molecule has 4 rings (SSSR count). The number of nitrogens with zero attached hydrogens (tertiary/aromatic N) is 5. The minimum Gasteiger partial charge on any atom is -0.484 e. The van der Waals surface area contributed by atoms with Gasteiger partial charge in [-0.05, 0) is 40.6 Å². The largest absolute Gasteiger partial charge is 0.484 e. The number of amides is 1. The van der Waals surface area contributed by atoms with E-state index in [0.29, 0.717) is 22.8 Å². The van der Waals surface area contributed by atoms with Crippen LogP contribution in [0, 0.1) is 0 Å². The highest BCUT2D eigenvalue weighted by Gasteiger charge is 2.20. The molecular formula is C17H15N7O3. The van der Waals surface area contributed by atoms with Gasteiger partial charge in [0.25, 0.3) is 5.91 Å². The van der Waals surface area contributed by atoms with Crippen molar-refractivity contribution in [2.45, 2.75) is 0 Å². The normalized spacial score (nSPS) is 10.9. The van der Waals surface area contributed by atoms with Crippen LogP contribution in [-0.2, 0) is 4.79 Å². The van der Waals surface area contributed by atoms with Gasteiger partial charge in [-0.1, -0.05) is 0 Å². The number of imidazole rings is 1. The number of pyridine rings is 1. The highest BCUT2D eigenvalue weighted by Crippen LogP contribution is 2.30. The third kappa shape index (κ3) is 3.03. The van der Waals surface area contributed by atoms with Gasteiger partial charge in [0.2, 0.25) is 0 Å². The van der Waals surface area contributed by atoms with Crippen LogP contribution < -0.4 is 15.8 Å². The lowest BCUT2D eigenvalue weighted by Gasteiger charge is -2.10. The summed E-state index contributed by atoms with van der Waals surface area (Å²) in [7, 11) is 1.56. The Morgan fingerprint density at radius 1 is 1.26 bits per heavy atom. The van der Waals surface area contributed by atoms with Crippen molar-refractivity contribution < 1.29 is 14.2 Å². The molecule has 0 aliphatic carbocycles. The maximum absolute atomic E-state index is 11.3. The van der Waals surface area contributed by atoms with E-state index in [1.165, 1.54) is 0 Å². The van der Waals surface area contributed by atoms with E-state index >= 15 is 0 Å². The van der Waals surface area contributed by atoms with Gasteiger partial charge < -0.3 is 15.8 Å². The number of carbonyl (C=O) groups excluding carboxylic acids is 1. The number of benzene rings is 1. The van der Waals surface area contributed by atoms with Crippen LogP contribution in [0.1, 0.15) is 0 Å². The first-order valence-electron chi connectivity index (χ1n) is 8.02. The predicted molar refractivity (Wildman–Crippen MR) is 96.1 cm³/mol. The van der Waals surface area contributed by atoms with E-state index < -0.39 is 0 Å². The Labute approximate surface area is 152 Å². The van der Waals surface area contributed by atoms with E-state index in [0.717, 1.165) is 11.2 Å². The van der Waals surface area contributed by atoms with Crippen molar-refractivity contribution in [1.29, 1.82) is 0 Å². The van der Waals surface area contributed by atoms with Gasteiger partial charge in [0.15, 0.2) is 23.9 Å². The number of nitrogen functional groups attached to an aromatic ring is 1. The van der Waals surface area contributed by atoms with Crippen LogP contribution in [0.5, 0.6) is 5.75 Å². The molecule has 4 aromatic rings. The maximum Gasteiger partial charge on any atom is 0.257 e. The number of likely N-dealkylation sites (N-methyl/N-ethyl adjacent to an activating group) is 1. The lowest BCUT2D eigenvalue weighted by Crippen LogP contribution is -2.24. The molecule has 0 atom stereocenters. The maximum atomic E-state index is 11.3. The second kappa shape index (κ2) is 6.75. The number of nitrogens with one attached hydrogen (secondary N) is 1. The summed E-state index contributed by atoms with van der Waals surface area (Å²) in [5, 5.41) is 9.99. The van der Waals surface area contributed by atoms with Crippen LogP contribution in [-0.4, -0.2) is 44.4 Å². The van der Waals surface area contributed by atoms with Crippen molar-refractivity contribution in [3.8, 4) is 23.0 Å². The zero-order valence-corrected chi connectivity index (χ0v) is 14.3. The molecule has 0 radical (unpaired) electrons. The van der Waals surface area contributed by atoms with Crippen molar-refractivity contribution in [2.24, 2.45) is 0 Å². The topological polar surface area (TPSA) is 134 Å². The second-order valence-corrected chi connectivity index (χ2v) is 5.59. The first-order chi connectivity index (χ1) is 13.2. The highest BCUT2D eigenvalue weighted by molar-refractivity contribution is 5.83. The molecule has 10 nitrogen and oxygen atoms in total. The third-order valence-corrected chi connectivity index (χ3v) is 3.93. The molecule has 0 saturated carbocycles. The summed E-state index contributed by atoms with van der Waals surface area (Å²) in [6.07, 6.45) is 3.33. The third-order valence-electron chi connectivity index (χ3n) is 3.93. The fourth-order valence-electron chi connectivity index (χ4n) is 2.62. The molecular weight excluding hydrogens is 350 g/mol. The molecule has 27 heavy (non-hydrogen) atoms. The monoisotopic (exact) mass is 365 g/mol. The Balaban J connectivity index is 1.77. The summed E-state index contributed by atoms with van der Waals surface area (Å²) in [6.45, 7) is -0.0537. The van der Waals surface area contributed by atoms with Crippen LogP contribution in [0.4, 0.5) is 5.82 Å². The molecule has 3 heterocycles. The fraction of sp³-hybridized carbons (Fsp3) is 0.118. The Morgan fingerprint density at radius 3 is 2.78 bits per heavy atom. The molecule has 0 bridgehead atoms. The molecule has 0 unspecified atom stereocenters. The van der Waals surface area contributed by atoms with Gasteiger partial charge in [0, 0.05) is 18.9 Å². The van der Waals surface area contributed by atoms with E-state index in [1.807, 2.05) is 22.8 Å². The molecule has 3 aromatic heterocycles. The SMILES string of the molecule is CNC(=O)COc1ccc(-n2c(-c3nonc3N)nc3cnccc32)cc1. The average Bonchev–Trinajstić information content (AvgIpc) is 3.29. The Bertz CT molecular complexity index is 1100. The Kier molecular flexibility index (Phi) is 4.13. The van der Waals surface area contributed by atoms with Gasteiger partial charge in [0.05, 0.1) is 11.7 Å². The second-order valence-electron chi connectivity index (χ2n) is 5.59. The van der Waals surface area contributed by atoms with Crippen LogP contribution in [0.2, 0.25) is 0 Å². The van der Waals surface area contributed by atoms with Crippen LogP contribution in [0.15, 0.2) is 47.4 Å². The van der Waals surface area contributed by atoms with Gasteiger partial charge in [-0.3, -0.25) is 14.3 Å². The smallest absolute Gasteiger partial charge is 0.257 e. The number of nitrogens with two attached hydrogens (primary N) is 1. The number of aromatic nitrogens is 5. The minimum atomic E-state index is -0.205. The van der Waals surface area contributed by atoms with Gasteiger partial charge in [-0.15, -0.1) is 0 Å². The van der Waals surface area contributed by atoms with Crippen LogP contribution in [0.3, 0.4) is 0 Å². The fourth-order valence-corrected chi connectivity index (χ4v) is 2.62. The van der Waals surface area contributed by atoms with Crippen molar-refractivity contribution >= 4 is 22.8 Å². The molecule has 136 valence electrons. The summed E-state index contributed by atoms with van der Waals surface area (Å²) >= 11 is 0. The lowest BCUT2D eigenvalue weighted by molar-refractivity contribution is -0.122. The first-order valence-corrected chi connectivity index (χ1v) is 8.02. The summed E-state index contributed by atoms with van der Waals surface area (Å²) in [5.41, 5.74) is 8.49. The van der Waals surface area contributed by atoms with Crippen molar-refractivity contribution in [2.75, 3.05) is 19.4 Å². The Hall–Kier alpha value is -3.95. The van der Waals surface area contributed by atoms with Gasteiger partial charge in [-0.25, -0.2) is 9.61 Å². The molecule has 0 aliphatic rings. The number of fused-ring (bicyclic) bond motifs is 1.